The molecule has 0 bridgehead atoms. The lowest BCUT2D eigenvalue weighted by Crippen LogP contribution is -2.32. The Bertz CT molecular complexity index is 555. The van der Waals surface area contributed by atoms with Crippen molar-refractivity contribution in [3.8, 4) is 5.75 Å². The summed E-state index contributed by atoms with van der Waals surface area (Å²) in [5, 5.41) is 0. The van der Waals surface area contributed by atoms with Crippen LogP contribution in [0.3, 0.4) is 0 Å². The number of hydrogen-bond donors (Lipinski definition) is 1. The van der Waals surface area contributed by atoms with Crippen molar-refractivity contribution in [2.75, 3.05) is 19.8 Å². The van der Waals surface area contributed by atoms with Crippen LogP contribution in [0.1, 0.15) is 19.8 Å². The Morgan fingerprint density at radius 3 is 2.95 bits per heavy atom. The lowest BCUT2D eigenvalue weighted by molar-refractivity contribution is 0.114. The molecule has 1 fully saturated rings. The summed E-state index contributed by atoms with van der Waals surface area (Å²) < 4.78 is 38.8. The average Bonchev–Trinajstić information content (AvgIpc) is 2.92. The summed E-state index contributed by atoms with van der Waals surface area (Å²) in [7, 11) is -3.61. The summed E-state index contributed by atoms with van der Waals surface area (Å²) in [4.78, 5) is 0.145. The third-order valence-electron chi connectivity index (χ3n) is 3.02. The minimum absolute atomic E-state index is 0.0347. The minimum Gasteiger partial charge on any atom is -0.492 e. The maximum absolute atomic E-state index is 12.4. The molecule has 2 rings (SSSR count). The van der Waals surface area contributed by atoms with Gasteiger partial charge in [-0.05, 0) is 38.0 Å². The van der Waals surface area contributed by atoms with Gasteiger partial charge in [-0.3, -0.25) is 0 Å². The van der Waals surface area contributed by atoms with Crippen LogP contribution in [0.4, 0.5) is 0 Å². The summed E-state index contributed by atoms with van der Waals surface area (Å²) in [5.41, 5.74) is 0. The van der Waals surface area contributed by atoms with Gasteiger partial charge in [-0.25, -0.2) is 13.1 Å². The number of nitrogens with one attached hydrogen (secondary N) is 1. The first-order chi connectivity index (χ1) is 9.53. The van der Waals surface area contributed by atoms with E-state index in [1.807, 2.05) is 6.92 Å². The molecule has 0 spiro atoms. The first-order valence-corrected chi connectivity index (χ1v) is 8.84. The van der Waals surface area contributed by atoms with E-state index in [4.69, 9.17) is 9.47 Å². The summed E-state index contributed by atoms with van der Waals surface area (Å²) in [6.07, 6.45) is 1.83. The molecule has 1 atom stereocenters. The summed E-state index contributed by atoms with van der Waals surface area (Å²) in [5.74, 6) is 0.357. The Balaban J connectivity index is 2.16. The van der Waals surface area contributed by atoms with Gasteiger partial charge in [-0.15, -0.1) is 0 Å². The summed E-state index contributed by atoms with van der Waals surface area (Å²) in [6, 6.07) is 4.95. The van der Waals surface area contributed by atoms with Gasteiger partial charge in [0.15, 0.2) is 0 Å². The molecule has 20 heavy (non-hydrogen) atoms. The van der Waals surface area contributed by atoms with Crippen LogP contribution in [-0.2, 0) is 14.8 Å². The second kappa shape index (κ2) is 6.89. The third kappa shape index (κ3) is 3.94. The van der Waals surface area contributed by atoms with Crippen LogP contribution in [0.25, 0.3) is 0 Å². The Morgan fingerprint density at radius 1 is 1.50 bits per heavy atom. The largest absolute Gasteiger partial charge is 0.492 e. The van der Waals surface area contributed by atoms with Crippen molar-refractivity contribution in [3.05, 3.63) is 22.7 Å². The lowest BCUT2D eigenvalue weighted by Gasteiger charge is -2.14. The second-order valence-corrected chi connectivity index (χ2v) is 7.16. The molecule has 7 heteroatoms. The van der Waals surface area contributed by atoms with Gasteiger partial charge in [0.1, 0.15) is 10.6 Å². The molecule has 0 saturated carbocycles. The number of hydrogen-bond acceptors (Lipinski definition) is 4. The van der Waals surface area contributed by atoms with Crippen LogP contribution in [-0.4, -0.2) is 34.3 Å². The molecule has 0 aliphatic carbocycles. The van der Waals surface area contributed by atoms with Crippen molar-refractivity contribution in [1.29, 1.82) is 0 Å². The molecule has 1 aromatic carbocycles. The molecule has 1 aliphatic heterocycles. The molecule has 1 saturated heterocycles. The topological polar surface area (TPSA) is 64.6 Å². The monoisotopic (exact) mass is 363 g/mol. The number of halogens is 1. The molecular formula is C13H18BrNO4S. The zero-order valence-electron chi connectivity index (χ0n) is 11.3. The number of sulfonamides is 1. The predicted octanol–water partition coefficient (Wildman–Crippen LogP) is 2.31. The van der Waals surface area contributed by atoms with Gasteiger partial charge < -0.3 is 9.47 Å². The second-order valence-electron chi connectivity index (χ2n) is 4.51. The van der Waals surface area contributed by atoms with Crippen LogP contribution in [0.2, 0.25) is 0 Å². The minimum atomic E-state index is -3.61. The highest BCUT2D eigenvalue weighted by atomic mass is 79.9. The van der Waals surface area contributed by atoms with E-state index in [0.29, 0.717) is 30.0 Å². The van der Waals surface area contributed by atoms with Crippen LogP contribution < -0.4 is 9.46 Å². The van der Waals surface area contributed by atoms with Gasteiger partial charge in [0.25, 0.3) is 0 Å². The first-order valence-electron chi connectivity index (χ1n) is 6.56. The number of benzene rings is 1. The Labute approximate surface area is 127 Å². The fourth-order valence-electron chi connectivity index (χ4n) is 2.05. The highest BCUT2D eigenvalue weighted by Crippen LogP contribution is 2.27. The molecule has 1 heterocycles. The predicted molar refractivity (Wildman–Crippen MR) is 79.5 cm³/mol. The van der Waals surface area contributed by atoms with Crippen LogP contribution in [0.5, 0.6) is 5.75 Å². The zero-order valence-corrected chi connectivity index (χ0v) is 13.7. The van der Waals surface area contributed by atoms with Gasteiger partial charge in [0.05, 0.1) is 12.7 Å². The van der Waals surface area contributed by atoms with E-state index in [2.05, 4.69) is 20.7 Å². The van der Waals surface area contributed by atoms with Crippen molar-refractivity contribution in [1.82, 2.24) is 4.72 Å². The standard InChI is InChI=1S/C13H18BrNO4S/c1-2-18-12-6-5-10(14)8-13(12)20(16,17)15-9-11-4-3-7-19-11/h5-6,8,11,15H,2-4,7,9H2,1H3. The molecule has 0 radical (unpaired) electrons. The quantitative estimate of drug-likeness (QED) is 0.841. The maximum Gasteiger partial charge on any atom is 0.244 e. The zero-order chi connectivity index (χ0) is 14.6. The molecular weight excluding hydrogens is 346 g/mol. The molecule has 0 amide bonds. The smallest absolute Gasteiger partial charge is 0.244 e. The van der Waals surface area contributed by atoms with E-state index < -0.39 is 10.0 Å². The fraction of sp³-hybridized carbons (Fsp3) is 0.538. The van der Waals surface area contributed by atoms with E-state index in [9.17, 15) is 8.42 Å². The molecule has 1 aliphatic rings. The van der Waals surface area contributed by atoms with Crippen molar-refractivity contribution < 1.29 is 17.9 Å². The molecule has 112 valence electrons. The van der Waals surface area contributed by atoms with Crippen molar-refractivity contribution in [2.24, 2.45) is 0 Å². The van der Waals surface area contributed by atoms with E-state index >= 15 is 0 Å². The normalized spacial score (nSPS) is 19.2. The van der Waals surface area contributed by atoms with Gasteiger partial charge in [0.2, 0.25) is 10.0 Å². The third-order valence-corrected chi connectivity index (χ3v) is 4.96. The van der Waals surface area contributed by atoms with Crippen molar-refractivity contribution in [2.45, 2.75) is 30.8 Å². The van der Waals surface area contributed by atoms with E-state index in [1.54, 1.807) is 18.2 Å². The van der Waals surface area contributed by atoms with Crippen LogP contribution in [0.15, 0.2) is 27.6 Å². The molecule has 1 N–H and O–H groups in total. The molecule has 1 unspecified atom stereocenters. The van der Waals surface area contributed by atoms with E-state index in [-0.39, 0.29) is 11.0 Å². The molecule has 5 nitrogen and oxygen atoms in total. The summed E-state index contributed by atoms with van der Waals surface area (Å²) >= 11 is 3.28. The van der Waals surface area contributed by atoms with E-state index in [0.717, 1.165) is 12.8 Å². The number of ether oxygens (including phenoxy) is 2. The highest BCUT2D eigenvalue weighted by molar-refractivity contribution is 9.10. The van der Waals surface area contributed by atoms with Gasteiger partial charge in [-0.1, -0.05) is 15.9 Å². The van der Waals surface area contributed by atoms with Crippen molar-refractivity contribution in [3.63, 3.8) is 0 Å². The average molecular weight is 364 g/mol. The highest BCUT2D eigenvalue weighted by Gasteiger charge is 2.23. The first kappa shape index (κ1) is 15.8. The van der Waals surface area contributed by atoms with Gasteiger partial charge >= 0.3 is 0 Å². The van der Waals surface area contributed by atoms with Crippen LogP contribution in [0, 0.1) is 0 Å². The molecule has 0 aromatic heterocycles. The Kier molecular flexibility index (Phi) is 5.42. The molecule has 1 aromatic rings. The lowest BCUT2D eigenvalue weighted by atomic mass is 10.2. The van der Waals surface area contributed by atoms with Gasteiger partial charge in [-0.2, -0.15) is 0 Å². The Morgan fingerprint density at radius 2 is 2.30 bits per heavy atom. The van der Waals surface area contributed by atoms with Crippen molar-refractivity contribution >= 4 is 26.0 Å². The maximum atomic E-state index is 12.4. The fourth-order valence-corrected chi connectivity index (χ4v) is 3.80. The Hall–Kier alpha value is -0.630. The summed E-state index contributed by atoms with van der Waals surface area (Å²) in [6.45, 7) is 3.22. The number of rotatable bonds is 6. The van der Waals surface area contributed by atoms with Crippen LogP contribution >= 0.6 is 15.9 Å². The van der Waals surface area contributed by atoms with Gasteiger partial charge in [0, 0.05) is 17.6 Å². The van der Waals surface area contributed by atoms with E-state index in [1.165, 1.54) is 0 Å². The SMILES string of the molecule is CCOc1ccc(Br)cc1S(=O)(=O)NCC1CCCO1.